The molecular weight excluding hydrogens is 300 g/mol. The highest BCUT2D eigenvalue weighted by molar-refractivity contribution is 5.86. The predicted molar refractivity (Wildman–Crippen MR) is 83.6 cm³/mol. The summed E-state index contributed by atoms with van der Waals surface area (Å²) in [5.74, 6) is 1.21. The number of carbonyl (C=O) groups is 2. The molecule has 1 aromatic carbocycles. The van der Waals surface area contributed by atoms with Crippen LogP contribution in [0.15, 0.2) is 24.3 Å². The van der Waals surface area contributed by atoms with Crippen molar-refractivity contribution in [3.63, 3.8) is 0 Å². The third kappa shape index (κ3) is 4.51. The molecule has 0 saturated carbocycles. The van der Waals surface area contributed by atoms with Crippen LogP contribution in [0.5, 0.6) is 11.5 Å². The van der Waals surface area contributed by atoms with Crippen LogP contribution in [0.1, 0.15) is 12.8 Å². The van der Waals surface area contributed by atoms with Crippen LogP contribution in [-0.2, 0) is 9.53 Å². The van der Waals surface area contributed by atoms with E-state index in [2.05, 4.69) is 5.32 Å². The van der Waals surface area contributed by atoms with E-state index in [-0.39, 0.29) is 5.91 Å². The van der Waals surface area contributed by atoms with Gasteiger partial charge < -0.3 is 19.5 Å². The van der Waals surface area contributed by atoms with Gasteiger partial charge in [-0.2, -0.15) is 0 Å². The van der Waals surface area contributed by atoms with Gasteiger partial charge in [-0.25, -0.2) is 4.79 Å². The van der Waals surface area contributed by atoms with Gasteiger partial charge in [-0.1, -0.05) is 6.07 Å². The van der Waals surface area contributed by atoms with Gasteiger partial charge in [0.15, 0.2) is 0 Å². The van der Waals surface area contributed by atoms with E-state index in [0.717, 1.165) is 6.42 Å². The third-order valence-corrected chi connectivity index (χ3v) is 3.68. The van der Waals surface area contributed by atoms with Crippen molar-refractivity contribution < 1.29 is 23.8 Å². The molecular formula is C16H22N2O5. The molecule has 1 aromatic rings. The first-order valence-corrected chi connectivity index (χ1v) is 7.55. The van der Waals surface area contributed by atoms with Gasteiger partial charge in [0.25, 0.3) is 0 Å². The van der Waals surface area contributed by atoms with Crippen molar-refractivity contribution in [3.8, 4) is 11.5 Å². The third-order valence-electron chi connectivity index (χ3n) is 3.68. The number of hydrogen-bond acceptors (Lipinski definition) is 5. The minimum Gasteiger partial charge on any atom is -0.497 e. The number of likely N-dealkylation sites (tertiary alicyclic amines) is 1. The van der Waals surface area contributed by atoms with Gasteiger partial charge in [0.1, 0.15) is 24.1 Å². The topological polar surface area (TPSA) is 77.1 Å². The summed E-state index contributed by atoms with van der Waals surface area (Å²) in [6.45, 7) is 1.25. The Morgan fingerprint density at radius 3 is 2.83 bits per heavy atom. The molecule has 1 fully saturated rings. The van der Waals surface area contributed by atoms with Gasteiger partial charge in [0, 0.05) is 12.6 Å². The quantitative estimate of drug-likeness (QED) is 0.802. The average Bonchev–Trinajstić information content (AvgIpc) is 3.07. The lowest BCUT2D eigenvalue weighted by Gasteiger charge is -2.22. The van der Waals surface area contributed by atoms with Crippen molar-refractivity contribution >= 4 is 12.0 Å². The Morgan fingerprint density at radius 2 is 2.09 bits per heavy atom. The number of ether oxygens (including phenoxy) is 3. The summed E-state index contributed by atoms with van der Waals surface area (Å²) >= 11 is 0. The molecule has 1 aliphatic heterocycles. The lowest BCUT2D eigenvalue weighted by Crippen LogP contribution is -2.46. The maximum atomic E-state index is 12.2. The van der Waals surface area contributed by atoms with E-state index >= 15 is 0 Å². The van der Waals surface area contributed by atoms with Crippen LogP contribution in [0.4, 0.5) is 4.79 Å². The molecule has 0 radical (unpaired) electrons. The van der Waals surface area contributed by atoms with Crippen molar-refractivity contribution in [2.24, 2.45) is 0 Å². The molecule has 7 heteroatoms. The van der Waals surface area contributed by atoms with Gasteiger partial charge in [-0.3, -0.25) is 9.69 Å². The van der Waals surface area contributed by atoms with E-state index in [0.29, 0.717) is 37.6 Å². The van der Waals surface area contributed by atoms with Crippen molar-refractivity contribution in [3.05, 3.63) is 24.3 Å². The van der Waals surface area contributed by atoms with E-state index in [1.54, 1.807) is 13.2 Å². The summed E-state index contributed by atoms with van der Waals surface area (Å²) in [5.41, 5.74) is 0. The Bertz CT molecular complexity index is 549. The van der Waals surface area contributed by atoms with Crippen molar-refractivity contribution in [2.45, 2.75) is 18.9 Å². The number of carbonyl (C=O) groups excluding carboxylic acids is 2. The van der Waals surface area contributed by atoms with Crippen molar-refractivity contribution in [1.82, 2.24) is 10.2 Å². The summed E-state index contributed by atoms with van der Waals surface area (Å²) in [6, 6.07) is 6.80. The number of rotatable bonds is 6. The summed E-state index contributed by atoms with van der Waals surface area (Å²) < 4.78 is 15.4. The Kier molecular flexibility index (Phi) is 6.08. The maximum Gasteiger partial charge on any atom is 0.410 e. The van der Waals surface area contributed by atoms with E-state index in [9.17, 15) is 9.59 Å². The molecule has 0 aromatic heterocycles. The number of amides is 2. The van der Waals surface area contributed by atoms with Crippen LogP contribution in [0.25, 0.3) is 0 Å². The molecule has 2 rings (SSSR count). The number of benzene rings is 1. The lowest BCUT2D eigenvalue weighted by atomic mass is 10.2. The second-order valence-corrected chi connectivity index (χ2v) is 5.14. The SMILES string of the molecule is COC(=O)N1CCCC1C(=O)NCCOc1cccc(OC)c1. The normalized spacial score (nSPS) is 16.8. The molecule has 1 N–H and O–H groups in total. The summed E-state index contributed by atoms with van der Waals surface area (Å²) in [5, 5.41) is 2.79. The summed E-state index contributed by atoms with van der Waals surface area (Å²) in [6.07, 6.45) is 0.987. The first-order valence-electron chi connectivity index (χ1n) is 7.55. The van der Waals surface area contributed by atoms with E-state index in [4.69, 9.17) is 14.2 Å². The van der Waals surface area contributed by atoms with Crippen LogP contribution in [0.2, 0.25) is 0 Å². The fourth-order valence-electron chi connectivity index (χ4n) is 2.53. The predicted octanol–water partition coefficient (Wildman–Crippen LogP) is 1.42. The van der Waals surface area contributed by atoms with Crippen molar-refractivity contribution in [2.75, 3.05) is 33.9 Å². The smallest absolute Gasteiger partial charge is 0.410 e. The molecule has 1 aliphatic rings. The molecule has 2 amide bonds. The zero-order valence-electron chi connectivity index (χ0n) is 13.4. The average molecular weight is 322 g/mol. The largest absolute Gasteiger partial charge is 0.497 e. The lowest BCUT2D eigenvalue weighted by molar-refractivity contribution is -0.125. The second-order valence-electron chi connectivity index (χ2n) is 5.14. The fourth-order valence-corrected chi connectivity index (χ4v) is 2.53. The monoisotopic (exact) mass is 322 g/mol. The first-order chi connectivity index (χ1) is 11.2. The van der Waals surface area contributed by atoms with Crippen molar-refractivity contribution in [1.29, 1.82) is 0 Å². The van der Waals surface area contributed by atoms with Gasteiger partial charge in [0.05, 0.1) is 20.8 Å². The van der Waals surface area contributed by atoms with Gasteiger partial charge in [-0.05, 0) is 25.0 Å². The summed E-state index contributed by atoms with van der Waals surface area (Å²) in [7, 11) is 2.91. The molecule has 0 bridgehead atoms. The molecule has 1 unspecified atom stereocenters. The molecule has 1 heterocycles. The maximum absolute atomic E-state index is 12.2. The van der Waals surface area contributed by atoms with E-state index in [1.165, 1.54) is 12.0 Å². The Labute approximate surface area is 135 Å². The Morgan fingerprint density at radius 1 is 1.30 bits per heavy atom. The number of nitrogens with zero attached hydrogens (tertiary/aromatic N) is 1. The van der Waals surface area contributed by atoms with Gasteiger partial charge >= 0.3 is 6.09 Å². The number of nitrogens with one attached hydrogen (secondary N) is 1. The molecule has 23 heavy (non-hydrogen) atoms. The van der Waals surface area contributed by atoms with Crippen LogP contribution in [-0.4, -0.2) is 56.9 Å². The molecule has 7 nitrogen and oxygen atoms in total. The van der Waals surface area contributed by atoms with Crippen LogP contribution in [0.3, 0.4) is 0 Å². The minimum absolute atomic E-state index is 0.179. The number of methoxy groups -OCH3 is 2. The fraction of sp³-hybridized carbons (Fsp3) is 0.500. The Hall–Kier alpha value is -2.44. The molecule has 1 saturated heterocycles. The zero-order valence-corrected chi connectivity index (χ0v) is 13.4. The molecule has 0 spiro atoms. The highest BCUT2D eigenvalue weighted by Crippen LogP contribution is 2.19. The molecule has 0 aliphatic carbocycles. The summed E-state index contributed by atoms with van der Waals surface area (Å²) in [4.78, 5) is 25.2. The standard InChI is InChI=1S/C16H22N2O5/c1-21-12-5-3-6-13(11-12)23-10-8-17-15(19)14-7-4-9-18(14)16(20)22-2/h3,5-6,11,14H,4,7-10H2,1-2H3,(H,17,19). The molecule has 126 valence electrons. The van der Waals surface area contributed by atoms with Gasteiger partial charge in [-0.15, -0.1) is 0 Å². The van der Waals surface area contributed by atoms with E-state index < -0.39 is 12.1 Å². The van der Waals surface area contributed by atoms with Crippen LogP contribution >= 0.6 is 0 Å². The second kappa shape index (κ2) is 8.26. The minimum atomic E-state index is -0.463. The van der Waals surface area contributed by atoms with Gasteiger partial charge in [0.2, 0.25) is 5.91 Å². The highest BCUT2D eigenvalue weighted by Gasteiger charge is 2.34. The Balaban J connectivity index is 1.75. The zero-order chi connectivity index (χ0) is 16.7. The number of hydrogen-bond donors (Lipinski definition) is 1. The van der Waals surface area contributed by atoms with Crippen LogP contribution in [0, 0.1) is 0 Å². The highest BCUT2D eigenvalue weighted by atomic mass is 16.5. The van der Waals surface area contributed by atoms with Crippen LogP contribution < -0.4 is 14.8 Å². The first kappa shape index (κ1) is 16.9. The molecule has 1 atom stereocenters. The van der Waals surface area contributed by atoms with E-state index in [1.807, 2.05) is 18.2 Å².